The molecule has 0 saturated carbocycles. The van der Waals surface area contributed by atoms with Crippen molar-refractivity contribution in [3.63, 3.8) is 0 Å². The van der Waals surface area contributed by atoms with Gasteiger partial charge in [-0.15, -0.1) is 0 Å². The number of aliphatic hydroxyl groups excluding tert-OH is 3. The Morgan fingerprint density at radius 3 is 2.32 bits per heavy atom. The number of ether oxygens (including phenoxy) is 2. The van der Waals surface area contributed by atoms with Crippen molar-refractivity contribution < 1.29 is 34.7 Å². The van der Waals surface area contributed by atoms with Crippen LogP contribution in [0.4, 0.5) is 0 Å². The maximum atomic E-state index is 10.9. The Labute approximate surface area is 131 Å². The Kier molecular flexibility index (Phi) is 11.3. The van der Waals surface area contributed by atoms with E-state index in [1.165, 1.54) is 0 Å². The third-order valence-electron chi connectivity index (χ3n) is 3.02. The van der Waals surface area contributed by atoms with E-state index in [1.54, 1.807) is 0 Å². The normalized spacial score (nSPS) is 31.3. The largest absolute Gasteiger partial charge is 0.479 e. The van der Waals surface area contributed by atoms with Crippen LogP contribution >= 0.6 is 0 Å². The molecule has 0 bridgehead atoms. The van der Waals surface area contributed by atoms with Crippen molar-refractivity contribution in [1.82, 2.24) is 5.32 Å². The summed E-state index contributed by atoms with van der Waals surface area (Å²) >= 11 is 0. The van der Waals surface area contributed by atoms with E-state index in [9.17, 15) is 20.1 Å². The van der Waals surface area contributed by atoms with E-state index in [-0.39, 0.29) is 6.61 Å². The number of carboxylic acid groups (broad SMARTS) is 1. The molecule has 1 fully saturated rings. The van der Waals surface area contributed by atoms with E-state index in [2.05, 4.69) is 12.2 Å². The Bertz CT molecular complexity index is 303. The Morgan fingerprint density at radius 1 is 1.14 bits per heavy atom. The summed E-state index contributed by atoms with van der Waals surface area (Å²) in [6.45, 7) is 7.92. The van der Waals surface area contributed by atoms with Gasteiger partial charge in [0.05, 0.1) is 6.61 Å². The van der Waals surface area contributed by atoms with Crippen LogP contribution in [0.25, 0.3) is 0 Å². The minimum absolute atomic E-state index is 0.244. The first kappa shape index (κ1) is 21.2. The molecule has 8 heteroatoms. The maximum Gasteiger partial charge on any atom is 0.335 e. The third kappa shape index (κ3) is 6.55. The average Bonchev–Trinajstić information content (AvgIpc) is 2.52. The minimum atomic E-state index is -1.69. The van der Waals surface area contributed by atoms with Crippen LogP contribution in [0.2, 0.25) is 0 Å². The van der Waals surface area contributed by atoms with Gasteiger partial charge in [-0.1, -0.05) is 20.8 Å². The molecule has 0 amide bonds. The number of rotatable bonds is 8. The van der Waals surface area contributed by atoms with Gasteiger partial charge in [-0.3, -0.25) is 0 Å². The Morgan fingerprint density at radius 2 is 1.77 bits per heavy atom. The van der Waals surface area contributed by atoms with Crippen molar-refractivity contribution in [3.8, 4) is 0 Å². The summed E-state index contributed by atoms with van der Waals surface area (Å²) in [5, 5.41) is 40.8. The lowest BCUT2D eigenvalue weighted by Gasteiger charge is -2.38. The lowest BCUT2D eigenvalue weighted by atomic mass is 9.99. The fraction of sp³-hybridized carbons (Fsp3) is 0.929. The van der Waals surface area contributed by atoms with Gasteiger partial charge in [-0.05, 0) is 25.9 Å². The number of hydrogen-bond acceptors (Lipinski definition) is 7. The van der Waals surface area contributed by atoms with E-state index >= 15 is 0 Å². The summed E-state index contributed by atoms with van der Waals surface area (Å²) in [6, 6.07) is 0. The van der Waals surface area contributed by atoms with Crippen LogP contribution in [-0.2, 0) is 14.3 Å². The van der Waals surface area contributed by atoms with Crippen molar-refractivity contribution in [2.75, 3.05) is 19.7 Å². The lowest BCUT2D eigenvalue weighted by molar-refractivity contribution is -0.294. The van der Waals surface area contributed by atoms with Gasteiger partial charge in [-0.25, -0.2) is 4.79 Å². The highest BCUT2D eigenvalue weighted by atomic mass is 16.7. The average molecular weight is 323 g/mol. The number of aliphatic hydroxyl groups is 3. The van der Waals surface area contributed by atoms with Gasteiger partial charge in [0.25, 0.3) is 0 Å². The lowest BCUT2D eigenvalue weighted by Crippen LogP contribution is -2.60. The second kappa shape index (κ2) is 11.8. The highest BCUT2D eigenvalue weighted by Gasteiger charge is 2.47. The van der Waals surface area contributed by atoms with Gasteiger partial charge in [0, 0.05) is 0 Å². The molecule has 8 nitrogen and oxygen atoms in total. The molecule has 0 aromatic rings. The number of nitrogens with one attached hydrogen (secondary N) is 1. The van der Waals surface area contributed by atoms with E-state index in [0.717, 1.165) is 19.5 Å². The summed E-state index contributed by atoms with van der Waals surface area (Å²) in [4.78, 5) is 10.9. The van der Waals surface area contributed by atoms with Gasteiger partial charge in [0.1, 0.15) is 18.3 Å². The van der Waals surface area contributed by atoms with Gasteiger partial charge in [-0.2, -0.15) is 0 Å². The molecule has 1 aliphatic rings. The van der Waals surface area contributed by atoms with Crippen LogP contribution in [0.1, 0.15) is 33.6 Å². The molecule has 0 aromatic carbocycles. The number of aliphatic carboxylic acids is 1. The summed E-state index contributed by atoms with van der Waals surface area (Å²) < 4.78 is 10.2. The van der Waals surface area contributed by atoms with Crippen LogP contribution in [0.3, 0.4) is 0 Å². The first-order valence-corrected chi connectivity index (χ1v) is 7.73. The van der Waals surface area contributed by atoms with Crippen LogP contribution in [-0.4, -0.2) is 76.8 Å². The van der Waals surface area contributed by atoms with Gasteiger partial charge < -0.3 is 35.2 Å². The smallest absolute Gasteiger partial charge is 0.335 e. The van der Waals surface area contributed by atoms with Crippen molar-refractivity contribution in [2.24, 2.45) is 0 Å². The van der Waals surface area contributed by atoms with E-state index in [1.807, 2.05) is 13.8 Å². The molecule has 5 atom stereocenters. The summed E-state index contributed by atoms with van der Waals surface area (Å²) in [6.07, 6.45) is -5.98. The van der Waals surface area contributed by atoms with Gasteiger partial charge in [0.2, 0.25) is 0 Å². The number of carboxylic acids is 1. The zero-order valence-electron chi connectivity index (χ0n) is 13.4. The van der Waals surface area contributed by atoms with Crippen molar-refractivity contribution in [1.29, 1.82) is 0 Å². The monoisotopic (exact) mass is 323 g/mol. The molecule has 0 radical (unpaired) electrons. The quantitative estimate of drug-likeness (QED) is 0.371. The molecule has 0 aliphatic carbocycles. The predicted octanol–water partition coefficient (Wildman–Crippen LogP) is -0.689. The van der Waals surface area contributed by atoms with Crippen LogP contribution in [0, 0.1) is 0 Å². The van der Waals surface area contributed by atoms with Crippen molar-refractivity contribution >= 4 is 5.97 Å². The molecule has 1 rings (SSSR count). The summed E-state index contributed by atoms with van der Waals surface area (Å²) in [5.74, 6) is -1.42. The molecule has 1 saturated heterocycles. The van der Waals surface area contributed by atoms with Crippen LogP contribution < -0.4 is 5.32 Å². The molecule has 132 valence electrons. The van der Waals surface area contributed by atoms with E-state index in [0.29, 0.717) is 6.42 Å². The van der Waals surface area contributed by atoms with Gasteiger partial charge >= 0.3 is 5.97 Å². The van der Waals surface area contributed by atoms with Crippen LogP contribution in [0.15, 0.2) is 0 Å². The zero-order valence-corrected chi connectivity index (χ0v) is 13.4. The van der Waals surface area contributed by atoms with Crippen LogP contribution in [0.5, 0.6) is 0 Å². The Balaban J connectivity index is 0.00000211. The highest BCUT2D eigenvalue weighted by molar-refractivity contribution is 5.73. The van der Waals surface area contributed by atoms with Gasteiger partial charge in [0.15, 0.2) is 12.4 Å². The fourth-order valence-corrected chi connectivity index (χ4v) is 1.89. The second-order valence-corrected chi connectivity index (χ2v) is 4.71. The molecule has 0 spiro atoms. The number of carbonyl (C=O) groups is 1. The molecule has 22 heavy (non-hydrogen) atoms. The molecular weight excluding hydrogens is 294 g/mol. The van der Waals surface area contributed by atoms with E-state index < -0.39 is 36.7 Å². The summed E-state index contributed by atoms with van der Waals surface area (Å²) in [5.41, 5.74) is 0. The molecular formula is C14H29NO7. The second-order valence-electron chi connectivity index (χ2n) is 4.71. The Hall–Kier alpha value is -0.770. The van der Waals surface area contributed by atoms with Crippen molar-refractivity contribution in [2.45, 2.75) is 64.3 Å². The molecule has 5 unspecified atom stereocenters. The number of hydrogen-bond donors (Lipinski definition) is 5. The minimum Gasteiger partial charge on any atom is -0.479 e. The molecule has 0 aromatic heterocycles. The SMILES string of the molecule is CC.CCCNCCCOC1OC(C(=O)O)C(O)C(O)C1O. The zero-order chi connectivity index (χ0) is 17.1. The first-order chi connectivity index (χ1) is 10.5. The topological polar surface area (TPSA) is 128 Å². The molecule has 5 N–H and O–H groups in total. The fourth-order valence-electron chi connectivity index (χ4n) is 1.89. The molecule has 1 aliphatic heterocycles. The van der Waals surface area contributed by atoms with E-state index in [4.69, 9.17) is 14.6 Å². The maximum absolute atomic E-state index is 10.9. The predicted molar refractivity (Wildman–Crippen MR) is 79.4 cm³/mol. The van der Waals surface area contributed by atoms with Crippen molar-refractivity contribution in [3.05, 3.63) is 0 Å². The summed E-state index contributed by atoms with van der Waals surface area (Å²) in [7, 11) is 0. The first-order valence-electron chi connectivity index (χ1n) is 7.73. The highest BCUT2D eigenvalue weighted by Crippen LogP contribution is 2.22. The molecule has 1 heterocycles. The standard InChI is InChI=1S/C12H23NO7.C2H6/c1-2-4-13-5-3-6-19-12-9(16)7(14)8(15)10(20-12)11(17)18;1-2/h7-10,12-16H,2-6H2,1H3,(H,17,18);1-2H3. The third-order valence-corrected chi connectivity index (χ3v) is 3.02.